The van der Waals surface area contributed by atoms with Crippen molar-refractivity contribution in [1.82, 2.24) is 0 Å². The summed E-state index contributed by atoms with van der Waals surface area (Å²) < 4.78 is 0. The van der Waals surface area contributed by atoms with Crippen LogP contribution < -0.4 is 18.9 Å². The third-order valence-electron chi connectivity index (χ3n) is 0.183. The molecule has 0 aliphatic carbocycles. The second-order valence-corrected chi connectivity index (χ2v) is 0.610. The summed E-state index contributed by atoms with van der Waals surface area (Å²) in [5, 5.41) is 14.8. The Kier molecular flexibility index (Phi) is 14.4. The molecule has 0 heterocycles. The molecule has 0 radical (unpaired) electrons. The fraction of sp³-hybridized carbons (Fsp3) is 0. The molecule has 0 atom stereocenters. The predicted octanol–water partition coefficient (Wildman–Crippen LogP) is -3.88. The Morgan fingerprint density at radius 2 is 1.25 bits per heavy atom. The maximum Gasteiger partial charge on any atom is 2.00 e. The Bertz CT molecular complexity index is 89.3. The molecule has 0 spiro atoms. The summed E-state index contributed by atoms with van der Waals surface area (Å²) in [6.07, 6.45) is 0. The second kappa shape index (κ2) is 7.30. The average Bonchev–Trinajstić information content (AvgIpc) is 1.36. The normalized spacial score (nSPS) is 5.50. The van der Waals surface area contributed by atoms with Crippen LogP contribution in [0.1, 0.15) is 4.28 Å². The van der Waals surface area contributed by atoms with Gasteiger partial charge in [0.2, 0.25) is 0 Å². The minimum atomic E-state index is -1.82. The minimum absolute atomic E-state index is 0. The van der Waals surface area contributed by atoms with Crippen LogP contribution in [0.15, 0.2) is 0 Å². The number of rotatable bonds is 0. The van der Waals surface area contributed by atoms with E-state index in [2.05, 4.69) is 0 Å². The van der Waals surface area contributed by atoms with Crippen molar-refractivity contribution in [3.63, 3.8) is 0 Å². The van der Waals surface area contributed by atoms with Crippen molar-refractivity contribution in [3.8, 4) is 0 Å². The van der Waals surface area contributed by atoms with Crippen LogP contribution in [0.2, 0.25) is 0 Å². The van der Waals surface area contributed by atoms with Crippen molar-refractivity contribution in [2.75, 3.05) is 0 Å². The largest absolute Gasteiger partial charge is 2.00 e. The van der Waals surface area contributed by atoms with E-state index in [0.717, 1.165) is 0 Å². The summed E-state index contributed by atoms with van der Waals surface area (Å²) in [5.41, 5.74) is 0. The van der Waals surface area contributed by atoms with Crippen LogP contribution in [0, 0.1) is 0 Å². The zero-order valence-corrected chi connectivity index (χ0v) is 5.83. The van der Waals surface area contributed by atoms with E-state index in [0.29, 0.717) is 0 Å². The van der Waals surface area contributed by atoms with Gasteiger partial charge in [0.1, 0.15) is 0 Å². The van der Waals surface area contributed by atoms with Gasteiger partial charge in [-0.05, 0) is 0 Å². The van der Waals surface area contributed by atoms with Crippen LogP contribution >= 0.6 is 0 Å². The molecule has 6 heteroatoms. The van der Waals surface area contributed by atoms with Gasteiger partial charge in [-0.1, -0.05) is 0 Å². The van der Waals surface area contributed by atoms with Gasteiger partial charge in [0, 0.05) is 0 Å². The van der Waals surface area contributed by atoms with Gasteiger partial charge in [0.25, 0.3) is 0 Å². The molecule has 0 aliphatic rings. The summed E-state index contributed by atoms with van der Waals surface area (Å²) >= 11 is 0. The number of carboxylic acid groups (broad SMARTS) is 2. The molecule has 0 aromatic carbocycles. The van der Waals surface area contributed by atoms with E-state index in [9.17, 15) is 0 Å². The number of aliphatic carboxylic acids is 2. The van der Waals surface area contributed by atoms with Crippen molar-refractivity contribution in [2.24, 2.45) is 0 Å². The molecule has 0 rings (SSSR count). The standard InChI is InChI=1S/C2H2O4.Li.Mg.3H/c3-1(4)2(5)6;;;;;/h(H,3,4)(H,5,6);;;;;/q;+1;+2;3*-1. The first-order valence-electron chi connectivity index (χ1n) is 1.11. The number of carbonyl (C=O) groups is 2. The quantitative estimate of drug-likeness (QED) is 0.256. The molecule has 2 N–H and O–H groups in total. The van der Waals surface area contributed by atoms with Gasteiger partial charge in [-0.15, -0.1) is 0 Å². The van der Waals surface area contributed by atoms with Gasteiger partial charge < -0.3 is 14.5 Å². The average molecular weight is 124 g/mol. The van der Waals surface area contributed by atoms with Crippen LogP contribution in [-0.2, 0) is 9.59 Å². The van der Waals surface area contributed by atoms with Crippen LogP contribution in [0.4, 0.5) is 0 Å². The Balaban J connectivity index is -0.0000000125. The maximum absolute atomic E-state index is 9.10. The maximum atomic E-state index is 9.10. The third-order valence-corrected chi connectivity index (χ3v) is 0.183. The Hall–Kier alpha value is 0.304. The minimum Gasteiger partial charge on any atom is -1.00 e. The monoisotopic (exact) mass is 124 g/mol. The van der Waals surface area contributed by atoms with Gasteiger partial charge in [0.05, 0.1) is 0 Å². The van der Waals surface area contributed by atoms with Crippen molar-refractivity contribution in [3.05, 3.63) is 0 Å². The molecule has 8 heavy (non-hydrogen) atoms. The van der Waals surface area contributed by atoms with E-state index in [4.69, 9.17) is 19.8 Å². The molecule has 0 saturated heterocycles. The van der Waals surface area contributed by atoms with E-state index >= 15 is 0 Å². The molecule has 0 bridgehead atoms. The molecule has 4 nitrogen and oxygen atoms in total. The fourth-order valence-electron chi connectivity index (χ4n) is 0. The molecule has 0 unspecified atom stereocenters. The first-order valence-corrected chi connectivity index (χ1v) is 1.11. The summed E-state index contributed by atoms with van der Waals surface area (Å²) in [6.45, 7) is 0. The zero-order valence-electron chi connectivity index (χ0n) is 7.42. The van der Waals surface area contributed by atoms with Crippen LogP contribution in [0.25, 0.3) is 0 Å². The van der Waals surface area contributed by atoms with Crippen molar-refractivity contribution in [1.29, 1.82) is 0 Å². The fourth-order valence-corrected chi connectivity index (χ4v) is 0. The van der Waals surface area contributed by atoms with Crippen LogP contribution in [0.5, 0.6) is 0 Å². The zero-order chi connectivity index (χ0) is 5.15. The number of carboxylic acids is 2. The Labute approximate surface area is 78.0 Å². The van der Waals surface area contributed by atoms with Gasteiger partial charge in [-0.3, -0.25) is 0 Å². The molecule has 40 valence electrons. The molecule has 0 saturated carbocycles. The van der Waals surface area contributed by atoms with Crippen LogP contribution in [-0.4, -0.2) is 45.2 Å². The second-order valence-electron chi connectivity index (χ2n) is 0.610. The van der Waals surface area contributed by atoms with Crippen LogP contribution in [0.3, 0.4) is 0 Å². The van der Waals surface area contributed by atoms with Gasteiger partial charge in [-0.2, -0.15) is 0 Å². The molecule has 0 aromatic rings. The summed E-state index contributed by atoms with van der Waals surface area (Å²) in [7, 11) is 0. The van der Waals surface area contributed by atoms with E-state index in [1.807, 2.05) is 0 Å². The third kappa shape index (κ3) is 9.57. The molecule has 0 amide bonds. The number of hydrogen-bond acceptors (Lipinski definition) is 2. The van der Waals surface area contributed by atoms with Crippen molar-refractivity contribution in [2.45, 2.75) is 0 Å². The topological polar surface area (TPSA) is 74.6 Å². The van der Waals surface area contributed by atoms with Gasteiger partial charge >= 0.3 is 53.9 Å². The van der Waals surface area contributed by atoms with Gasteiger partial charge in [0.15, 0.2) is 0 Å². The smallest absolute Gasteiger partial charge is 1.00 e. The van der Waals surface area contributed by atoms with E-state index in [1.54, 1.807) is 0 Å². The molecule has 0 aromatic heterocycles. The molecule has 0 aliphatic heterocycles. The Morgan fingerprint density at radius 3 is 1.25 bits per heavy atom. The molecular weight excluding hydrogens is 119 g/mol. The SMILES string of the molecule is O=C(O)C(=O)O.[H-].[H-].[H-].[Li+].[Mg+2]. The predicted molar refractivity (Wildman–Crippen MR) is 24.4 cm³/mol. The molecular formula is C2H5LiMgO4. The van der Waals surface area contributed by atoms with E-state index < -0.39 is 11.9 Å². The molecule has 0 fully saturated rings. The van der Waals surface area contributed by atoms with Crippen molar-refractivity contribution < 1.29 is 42.9 Å². The first kappa shape index (κ1) is 15.7. The first-order chi connectivity index (χ1) is 2.64. The Morgan fingerprint density at radius 1 is 1.12 bits per heavy atom. The summed E-state index contributed by atoms with van der Waals surface area (Å²) in [4.78, 5) is 18.2. The van der Waals surface area contributed by atoms with Crippen molar-refractivity contribution >= 4 is 35.0 Å². The van der Waals surface area contributed by atoms with Gasteiger partial charge in [-0.25, -0.2) is 9.59 Å². The number of hydrogen-bond donors (Lipinski definition) is 2. The van der Waals surface area contributed by atoms with E-state index in [-0.39, 0.29) is 46.2 Å². The van der Waals surface area contributed by atoms with E-state index in [1.165, 1.54) is 0 Å². The summed E-state index contributed by atoms with van der Waals surface area (Å²) in [6, 6.07) is 0. The summed E-state index contributed by atoms with van der Waals surface area (Å²) in [5.74, 6) is -3.65.